The van der Waals surface area contributed by atoms with Gasteiger partial charge in [0.15, 0.2) is 0 Å². The number of alkyl carbamates (subject to hydrolysis) is 1. The molecule has 15 heteroatoms. The topological polar surface area (TPSA) is 152 Å². The number of esters is 1. The van der Waals surface area contributed by atoms with Crippen molar-refractivity contribution in [2.24, 2.45) is 5.41 Å². The smallest absolute Gasteiger partial charge is 0.410 e. The Hall–Kier alpha value is -4.46. The highest BCUT2D eigenvalue weighted by Gasteiger charge is 2.57. The molecule has 0 radical (unpaired) electrons. The van der Waals surface area contributed by atoms with Gasteiger partial charge in [-0.05, 0) is 66.3 Å². The zero-order valence-corrected chi connectivity index (χ0v) is 31.1. The fourth-order valence-corrected chi connectivity index (χ4v) is 6.84. The van der Waals surface area contributed by atoms with Crippen LogP contribution in [0.1, 0.15) is 75.4 Å². The largest absolute Gasteiger partial charge is 0.495 e. The number of hydrogen-bond donors (Lipinski definition) is 4. The van der Waals surface area contributed by atoms with Crippen molar-refractivity contribution in [2.75, 3.05) is 12.4 Å². The molecule has 4 N–H and O–H groups in total. The highest BCUT2D eigenvalue weighted by atomic mass is 35.5. The Balaban J connectivity index is 1.68. The molecule has 0 spiro atoms. The number of methoxy groups -OCH3 is 1. The molecular formula is C37H41Cl2F2N3O8. The van der Waals surface area contributed by atoms with Crippen LogP contribution in [0, 0.1) is 17.0 Å². The molecule has 0 aromatic heterocycles. The molecule has 1 aliphatic rings. The number of nitrogens with one attached hydrogen (secondary N) is 3. The van der Waals surface area contributed by atoms with Crippen molar-refractivity contribution >= 4 is 52.8 Å². The van der Waals surface area contributed by atoms with E-state index >= 15 is 8.78 Å². The second kappa shape index (κ2) is 16.1. The molecule has 52 heavy (non-hydrogen) atoms. The van der Waals surface area contributed by atoms with Crippen molar-refractivity contribution in [2.45, 2.75) is 83.7 Å². The van der Waals surface area contributed by atoms with Gasteiger partial charge in [0.2, 0.25) is 12.2 Å². The monoisotopic (exact) mass is 763 g/mol. The number of aliphatic carboxylic acids is 1. The van der Waals surface area contributed by atoms with Gasteiger partial charge in [0.1, 0.15) is 23.4 Å². The standard InChI is InChI=1S/C37H41Cl2F2N3O8/c1-18(33(46)47)42-35(49)52-19(2)51-34(48)20-11-14-26(27(15-20)50-7)43-32(45)31-29(22-9-8-10-24(39)30(22)41)37(6,28(44-31)17-36(3,4)5)23-13-12-21(38)16-25(23)40/h8-16,18-19,28-29,31,44H,17H2,1-7H3,(H,42,49)(H,43,45)(H,46,47). The maximum absolute atomic E-state index is 16.0. The van der Waals surface area contributed by atoms with Crippen LogP contribution in [0.2, 0.25) is 10.0 Å². The lowest BCUT2D eigenvalue weighted by Crippen LogP contribution is -2.44. The summed E-state index contributed by atoms with van der Waals surface area (Å²) in [5.41, 5.74) is -1.03. The first-order chi connectivity index (χ1) is 24.3. The molecule has 1 aliphatic heterocycles. The molecule has 3 aromatic carbocycles. The highest BCUT2D eigenvalue weighted by molar-refractivity contribution is 6.31. The number of ether oxygens (including phenoxy) is 3. The van der Waals surface area contributed by atoms with Crippen LogP contribution in [0.4, 0.5) is 19.3 Å². The summed E-state index contributed by atoms with van der Waals surface area (Å²) in [5, 5.41) is 17.3. The predicted molar refractivity (Wildman–Crippen MR) is 191 cm³/mol. The number of amides is 2. The molecular weight excluding hydrogens is 723 g/mol. The van der Waals surface area contributed by atoms with E-state index in [1.807, 2.05) is 20.8 Å². The van der Waals surface area contributed by atoms with Gasteiger partial charge in [-0.2, -0.15) is 0 Å². The van der Waals surface area contributed by atoms with Crippen molar-refractivity contribution in [1.29, 1.82) is 0 Å². The van der Waals surface area contributed by atoms with Gasteiger partial charge in [-0.25, -0.2) is 18.4 Å². The Morgan fingerprint density at radius 1 is 1.02 bits per heavy atom. The van der Waals surface area contributed by atoms with E-state index in [-0.39, 0.29) is 43.6 Å². The fourth-order valence-electron chi connectivity index (χ4n) is 6.50. The van der Waals surface area contributed by atoms with Crippen LogP contribution in [0.5, 0.6) is 5.75 Å². The molecule has 0 aliphatic carbocycles. The Bertz CT molecular complexity index is 1860. The Labute approximate surface area is 310 Å². The van der Waals surface area contributed by atoms with Gasteiger partial charge in [0.25, 0.3) is 0 Å². The lowest BCUT2D eigenvalue weighted by molar-refractivity contribution is -0.139. The van der Waals surface area contributed by atoms with E-state index in [1.165, 1.54) is 57.4 Å². The number of carboxylic acids is 1. The van der Waals surface area contributed by atoms with Gasteiger partial charge in [0.05, 0.1) is 29.4 Å². The minimum absolute atomic E-state index is 0.0292. The summed E-state index contributed by atoms with van der Waals surface area (Å²) in [6.07, 6.45) is -2.03. The molecule has 1 fully saturated rings. The number of anilines is 1. The Morgan fingerprint density at radius 2 is 1.71 bits per heavy atom. The van der Waals surface area contributed by atoms with Crippen molar-refractivity contribution in [3.63, 3.8) is 0 Å². The van der Waals surface area contributed by atoms with E-state index < -0.39 is 71.3 Å². The van der Waals surface area contributed by atoms with Crippen LogP contribution >= 0.6 is 23.2 Å². The summed E-state index contributed by atoms with van der Waals surface area (Å²) in [4.78, 5) is 50.1. The lowest BCUT2D eigenvalue weighted by atomic mass is 9.63. The quantitative estimate of drug-likeness (QED) is 0.115. The van der Waals surface area contributed by atoms with Gasteiger partial charge in [-0.1, -0.05) is 69.1 Å². The van der Waals surface area contributed by atoms with Crippen molar-refractivity contribution in [1.82, 2.24) is 10.6 Å². The average Bonchev–Trinajstić information content (AvgIpc) is 3.32. The van der Waals surface area contributed by atoms with Crippen molar-refractivity contribution < 1.29 is 47.3 Å². The second-order valence-corrected chi connectivity index (χ2v) is 14.8. The molecule has 2 amide bonds. The summed E-state index contributed by atoms with van der Waals surface area (Å²) in [5.74, 6) is -5.06. The number of rotatable bonds is 11. The summed E-state index contributed by atoms with van der Waals surface area (Å²) < 4.78 is 47.4. The first-order valence-corrected chi connectivity index (χ1v) is 17.1. The molecule has 1 heterocycles. The normalized spacial score (nSPS) is 21.1. The Kier molecular flexibility index (Phi) is 12.4. The van der Waals surface area contributed by atoms with Crippen LogP contribution in [0.25, 0.3) is 0 Å². The summed E-state index contributed by atoms with van der Waals surface area (Å²) in [7, 11) is 1.32. The van der Waals surface area contributed by atoms with Gasteiger partial charge in [-0.3, -0.25) is 9.59 Å². The van der Waals surface area contributed by atoms with E-state index in [0.29, 0.717) is 6.42 Å². The van der Waals surface area contributed by atoms with Gasteiger partial charge in [-0.15, -0.1) is 0 Å². The van der Waals surface area contributed by atoms with E-state index in [2.05, 4.69) is 16.0 Å². The number of hydrogen-bond acceptors (Lipinski definition) is 8. The third-order valence-corrected chi connectivity index (χ3v) is 9.48. The third kappa shape index (κ3) is 8.94. The van der Waals surface area contributed by atoms with Gasteiger partial charge in [0, 0.05) is 29.3 Å². The lowest BCUT2D eigenvalue weighted by Gasteiger charge is -2.40. The first-order valence-electron chi connectivity index (χ1n) is 16.3. The van der Waals surface area contributed by atoms with E-state index in [9.17, 15) is 19.2 Å². The minimum atomic E-state index is -1.39. The molecule has 280 valence electrons. The van der Waals surface area contributed by atoms with Crippen LogP contribution < -0.4 is 20.7 Å². The third-order valence-electron chi connectivity index (χ3n) is 8.96. The number of carbonyl (C=O) groups is 4. The molecule has 0 saturated carbocycles. The number of benzene rings is 3. The van der Waals surface area contributed by atoms with E-state index in [0.717, 1.165) is 0 Å². The predicted octanol–water partition coefficient (Wildman–Crippen LogP) is 7.44. The molecule has 11 nitrogen and oxygen atoms in total. The second-order valence-electron chi connectivity index (χ2n) is 14.0. The van der Waals surface area contributed by atoms with Gasteiger partial charge < -0.3 is 35.3 Å². The number of carboxylic acid groups (broad SMARTS) is 1. The highest BCUT2D eigenvalue weighted by Crippen LogP contribution is 2.53. The molecule has 6 unspecified atom stereocenters. The zero-order chi connectivity index (χ0) is 38.7. The van der Waals surface area contributed by atoms with Crippen LogP contribution in [0.15, 0.2) is 54.6 Å². The Morgan fingerprint density at radius 3 is 2.33 bits per heavy atom. The summed E-state index contributed by atoms with van der Waals surface area (Å²) in [6, 6.07) is 9.92. The van der Waals surface area contributed by atoms with E-state index in [4.69, 9.17) is 42.5 Å². The van der Waals surface area contributed by atoms with Crippen molar-refractivity contribution in [3.8, 4) is 5.75 Å². The minimum Gasteiger partial charge on any atom is -0.495 e. The van der Waals surface area contributed by atoms with Crippen LogP contribution in [-0.2, 0) is 24.5 Å². The maximum atomic E-state index is 16.0. The van der Waals surface area contributed by atoms with Crippen LogP contribution in [-0.4, -0.2) is 60.6 Å². The number of carbonyl (C=O) groups excluding carboxylic acids is 3. The van der Waals surface area contributed by atoms with Crippen molar-refractivity contribution in [3.05, 3.63) is 93.0 Å². The summed E-state index contributed by atoms with van der Waals surface area (Å²) >= 11 is 12.4. The molecule has 4 rings (SSSR count). The SMILES string of the molecule is COc1cc(C(=O)OC(C)OC(=O)NC(C)C(=O)O)ccc1NC(=O)C1NC(CC(C)(C)C)C(C)(c2ccc(Cl)cc2F)C1c1cccc(Cl)c1F. The summed E-state index contributed by atoms with van der Waals surface area (Å²) in [6.45, 7) is 10.3. The maximum Gasteiger partial charge on any atom is 0.410 e. The van der Waals surface area contributed by atoms with E-state index in [1.54, 1.807) is 25.1 Å². The first kappa shape index (κ1) is 40.3. The average molecular weight is 765 g/mol. The fraction of sp³-hybridized carbons (Fsp3) is 0.405. The number of halogens is 4. The zero-order valence-electron chi connectivity index (χ0n) is 29.6. The molecule has 1 saturated heterocycles. The molecule has 0 bridgehead atoms. The molecule has 3 aromatic rings. The molecule has 6 atom stereocenters. The van der Waals surface area contributed by atoms with Crippen LogP contribution in [0.3, 0.4) is 0 Å². The van der Waals surface area contributed by atoms with Gasteiger partial charge >= 0.3 is 18.0 Å².